The van der Waals surface area contributed by atoms with Crippen LogP contribution in [0.4, 0.5) is 18.0 Å². The molecule has 1 unspecified atom stereocenters. The van der Waals surface area contributed by atoms with Gasteiger partial charge in [0.05, 0.1) is 6.10 Å². The van der Waals surface area contributed by atoms with Crippen LogP contribution < -0.4 is 5.32 Å². The van der Waals surface area contributed by atoms with E-state index in [1.54, 1.807) is 18.5 Å². The number of rotatable bonds is 8. The standard InChI is InChI=1S/C24H36F3N5O2Si/c1-23(2,3)35(4,5)34-19(9-11-29-22(33)32-14-12-28-17-32)16-31-13-10-18(15-31)20-7-6-8-21(30-20)24(25,26)27/h6-8,12,14,17-19H,9-11,13,15-16H2,1-5H3,(H,29,33)/t18?,19-/m1/s1. The smallest absolute Gasteiger partial charge is 0.413 e. The number of carbonyl (C=O) groups is 1. The molecule has 35 heavy (non-hydrogen) atoms. The lowest BCUT2D eigenvalue weighted by Gasteiger charge is -2.40. The predicted molar refractivity (Wildman–Crippen MR) is 131 cm³/mol. The van der Waals surface area contributed by atoms with Gasteiger partial charge in [-0.1, -0.05) is 26.8 Å². The molecule has 3 heterocycles. The van der Waals surface area contributed by atoms with Gasteiger partial charge < -0.3 is 14.6 Å². The van der Waals surface area contributed by atoms with Crippen molar-refractivity contribution < 1.29 is 22.4 Å². The van der Waals surface area contributed by atoms with Crippen molar-refractivity contribution in [2.45, 2.75) is 69.9 Å². The van der Waals surface area contributed by atoms with E-state index in [1.165, 1.54) is 17.0 Å². The highest BCUT2D eigenvalue weighted by Crippen LogP contribution is 2.38. The van der Waals surface area contributed by atoms with Crippen molar-refractivity contribution in [1.82, 2.24) is 24.8 Å². The number of nitrogens with zero attached hydrogens (tertiary/aromatic N) is 4. The van der Waals surface area contributed by atoms with Crippen molar-refractivity contribution in [3.8, 4) is 0 Å². The van der Waals surface area contributed by atoms with E-state index < -0.39 is 20.2 Å². The molecule has 11 heteroatoms. The number of alkyl halides is 3. The van der Waals surface area contributed by atoms with E-state index in [2.05, 4.69) is 54.0 Å². The monoisotopic (exact) mass is 511 g/mol. The van der Waals surface area contributed by atoms with E-state index >= 15 is 0 Å². The number of nitrogens with one attached hydrogen (secondary N) is 1. The zero-order valence-electron chi connectivity index (χ0n) is 21.1. The molecule has 0 bridgehead atoms. The lowest BCUT2D eigenvalue weighted by atomic mass is 10.0. The normalized spacial score (nSPS) is 18.6. The first-order chi connectivity index (χ1) is 16.3. The molecule has 2 aromatic rings. The Kier molecular flexibility index (Phi) is 8.43. The van der Waals surface area contributed by atoms with Gasteiger partial charge in [0.2, 0.25) is 0 Å². The molecular weight excluding hydrogens is 475 g/mol. The first-order valence-corrected chi connectivity index (χ1v) is 14.9. The van der Waals surface area contributed by atoms with E-state index in [0.717, 1.165) is 19.0 Å². The molecule has 1 aliphatic rings. The summed E-state index contributed by atoms with van der Waals surface area (Å²) in [6.07, 6.45) is 1.42. The molecule has 0 radical (unpaired) electrons. The minimum absolute atomic E-state index is 0.0286. The van der Waals surface area contributed by atoms with E-state index in [0.29, 0.717) is 31.7 Å². The first-order valence-electron chi connectivity index (χ1n) is 12.0. The molecule has 1 fully saturated rings. The van der Waals surface area contributed by atoms with Gasteiger partial charge in [0.1, 0.15) is 12.0 Å². The third kappa shape index (κ3) is 7.37. The van der Waals surface area contributed by atoms with Crippen molar-refractivity contribution in [1.29, 1.82) is 0 Å². The third-order valence-corrected chi connectivity index (χ3v) is 11.5. The molecule has 0 spiro atoms. The summed E-state index contributed by atoms with van der Waals surface area (Å²) < 4.78 is 47.4. The average Bonchev–Trinajstić information content (AvgIpc) is 3.44. The summed E-state index contributed by atoms with van der Waals surface area (Å²) in [5.41, 5.74) is -0.363. The molecule has 0 aromatic carbocycles. The predicted octanol–water partition coefficient (Wildman–Crippen LogP) is 5.12. The number of amides is 1. The summed E-state index contributed by atoms with van der Waals surface area (Å²) in [6, 6.07) is 3.88. The zero-order valence-corrected chi connectivity index (χ0v) is 22.1. The summed E-state index contributed by atoms with van der Waals surface area (Å²) >= 11 is 0. The van der Waals surface area contributed by atoms with Gasteiger partial charge in [-0.25, -0.2) is 14.8 Å². The van der Waals surface area contributed by atoms with Crippen molar-refractivity contribution >= 4 is 14.3 Å². The molecule has 194 valence electrons. The number of pyridine rings is 1. The lowest BCUT2D eigenvalue weighted by Crippen LogP contribution is -2.47. The van der Waals surface area contributed by atoms with Gasteiger partial charge in [-0.2, -0.15) is 13.2 Å². The molecule has 1 aliphatic heterocycles. The van der Waals surface area contributed by atoms with Gasteiger partial charge in [0.15, 0.2) is 8.32 Å². The fraction of sp³-hybridized carbons (Fsp3) is 0.625. The molecule has 2 aromatic heterocycles. The van der Waals surface area contributed by atoms with Crippen LogP contribution in [0.25, 0.3) is 0 Å². The number of hydrogen-bond acceptors (Lipinski definition) is 5. The van der Waals surface area contributed by atoms with Crippen molar-refractivity contribution in [3.63, 3.8) is 0 Å². The fourth-order valence-electron chi connectivity index (χ4n) is 3.96. The molecule has 3 rings (SSSR count). The Hall–Kier alpha value is -2.24. The summed E-state index contributed by atoms with van der Waals surface area (Å²) in [5.74, 6) is -0.0493. The number of hydrogen-bond donors (Lipinski definition) is 1. The summed E-state index contributed by atoms with van der Waals surface area (Å²) in [4.78, 5) is 22.3. The van der Waals surface area contributed by atoms with Crippen LogP contribution in [-0.2, 0) is 10.6 Å². The van der Waals surface area contributed by atoms with Crippen molar-refractivity contribution in [2.24, 2.45) is 0 Å². The second-order valence-corrected chi connectivity index (χ2v) is 15.4. The van der Waals surface area contributed by atoms with Crippen LogP contribution in [0.15, 0.2) is 36.9 Å². The van der Waals surface area contributed by atoms with Gasteiger partial charge in [-0.15, -0.1) is 0 Å². The Morgan fingerprint density at radius 3 is 2.66 bits per heavy atom. The minimum Gasteiger partial charge on any atom is -0.413 e. The summed E-state index contributed by atoms with van der Waals surface area (Å²) in [7, 11) is -2.07. The van der Waals surface area contributed by atoms with E-state index in [4.69, 9.17) is 4.43 Å². The molecule has 0 saturated carbocycles. The SMILES string of the molecule is CC(C)(C)[Si](C)(C)O[C@H](CCNC(=O)n1ccnc1)CN1CCC(c2cccc(C(F)(F)F)n2)C1. The van der Waals surface area contributed by atoms with Crippen LogP contribution >= 0.6 is 0 Å². The van der Waals surface area contributed by atoms with Crippen LogP contribution in [0.5, 0.6) is 0 Å². The Morgan fingerprint density at radius 1 is 1.29 bits per heavy atom. The lowest BCUT2D eigenvalue weighted by molar-refractivity contribution is -0.141. The van der Waals surface area contributed by atoms with Crippen LogP contribution in [0.1, 0.15) is 50.9 Å². The number of imidazole rings is 1. The largest absolute Gasteiger partial charge is 0.433 e. The van der Waals surface area contributed by atoms with Crippen molar-refractivity contribution in [3.05, 3.63) is 48.3 Å². The second-order valence-electron chi connectivity index (χ2n) is 10.7. The molecular formula is C24H36F3N5O2Si. The number of likely N-dealkylation sites (tertiary alicyclic amines) is 1. The molecule has 2 atom stereocenters. The second kappa shape index (κ2) is 10.8. The van der Waals surface area contributed by atoms with Gasteiger partial charge in [0.25, 0.3) is 0 Å². The maximum absolute atomic E-state index is 13.1. The van der Waals surface area contributed by atoms with Gasteiger partial charge in [0, 0.05) is 43.6 Å². The fourth-order valence-corrected chi connectivity index (χ4v) is 5.34. The highest BCUT2D eigenvalue weighted by Gasteiger charge is 2.40. The molecule has 7 nitrogen and oxygen atoms in total. The number of aromatic nitrogens is 3. The van der Waals surface area contributed by atoms with Crippen LogP contribution in [-0.4, -0.2) is 66.1 Å². The van der Waals surface area contributed by atoms with E-state index in [9.17, 15) is 18.0 Å². The molecule has 1 N–H and O–H groups in total. The molecule has 1 amide bonds. The van der Waals surface area contributed by atoms with Crippen LogP contribution in [0, 0.1) is 0 Å². The Bertz CT molecular complexity index is 976. The van der Waals surface area contributed by atoms with E-state index in [-0.39, 0.29) is 23.1 Å². The molecule has 1 saturated heterocycles. The number of carbonyl (C=O) groups excluding carboxylic acids is 1. The van der Waals surface area contributed by atoms with E-state index in [1.807, 2.05) is 0 Å². The quantitative estimate of drug-likeness (QED) is 0.498. The summed E-state index contributed by atoms with van der Waals surface area (Å²) in [5, 5.41) is 2.93. The van der Waals surface area contributed by atoms with Gasteiger partial charge >= 0.3 is 12.2 Å². The number of halogens is 3. The minimum atomic E-state index is -4.45. The average molecular weight is 512 g/mol. The van der Waals surface area contributed by atoms with Gasteiger partial charge in [-0.05, 0) is 49.7 Å². The highest BCUT2D eigenvalue weighted by molar-refractivity contribution is 6.74. The highest BCUT2D eigenvalue weighted by atomic mass is 28.4. The molecule has 0 aliphatic carbocycles. The third-order valence-electron chi connectivity index (χ3n) is 6.96. The van der Waals surface area contributed by atoms with Crippen molar-refractivity contribution in [2.75, 3.05) is 26.2 Å². The first kappa shape index (κ1) is 27.3. The maximum atomic E-state index is 13.1. The zero-order chi connectivity index (χ0) is 25.9. The summed E-state index contributed by atoms with van der Waals surface area (Å²) in [6.45, 7) is 13.4. The van der Waals surface area contributed by atoms with Crippen LogP contribution in [0.2, 0.25) is 18.1 Å². The maximum Gasteiger partial charge on any atom is 0.433 e. The Labute approximate surface area is 206 Å². The Balaban J connectivity index is 1.64. The topological polar surface area (TPSA) is 72.3 Å². The van der Waals surface area contributed by atoms with Gasteiger partial charge in [-0.3, -0.25) is 4.57 Å². The Morgan fingerprint density at radius 2 is 2.03 bits per heavy atom. The van der Waals surface area contributed by atoms with Crippen LogP contribution in [0.3, 0.4) is 0 Å².